The lowest BCUT2D eigenvalue weighted by Gasteiger charge is -2.47. The molecule has 286 valence electrons. The van der Waals surface area contributed by atoms with Gasteiger partial charge < -0.3 is 43.5 Å². The molecule has 0 amide bonds. The van der Waals surface area contributed by atoms with Crippen LogP contribution in [0.4, 0.5) is 4.79 Å². The molecule has 14 heteroatoms. The van der Waals surface area contributed by atoms with E-state index in [0.717, 1.165) is 0 Å². The number of rotatable bonds is 7. The van der Waals surface area contributed by atoms with E-state index in [2.05, 4.69) is 4.98 Å². The lowest BCUT2D eigenvalue weighted by molar-refractivity contribution is -0.299. The SMILES string of the molecule is CC[C@H]1OC(=O)[C@H](C)[C@@H](OC(=O)Cc2cccnc2)[C@H](C)[C@@H](OC2O[C@H](C)C[C@H](N(C)C)[C@H]2O)[C@@](C)(O)C[C@@H](C)C(=O)[C@H](C)[C@H]2OC(=O)O[C@@]21C. The molecule has 14 atom stereocenters. The molecule has 1 unspecified atom stereocenters. The number of esters is 2. The van der Waals surface area contributed by atoms with Gasteiger partial charge in [0.15, 0.2) is 18.0 Å². The Morgan fingerprint density at radius 2 is 1.76 bits per heavy atom. The number of likely N-dealkylation sites (N-methyl/N-ethyl adjacent to an activating group) is 1. The number of aliphatic hydroxyl groups is 2. The summed E-state index contributed by atoms with van der Waals surface area (Å²) in [4.78, 5) is 60.1. The first-order valence-electron chi connectivity index (χ1n) is 17.9. The maximum atomic E-state index is 14.1. The van der Waals surface area contributed by atoms with Gasteiger partial charge in [-0.15, -0.1) is 0 Å². The van der Waals surface area contributed by atoms with Crippen molar-refractivity contribution in [1.82, 2.24) is 9.88 Å². The summed E-state index contributed by atoms with van der Waals surface area (Å²) >= 11 is 0. The van der Waals surface area contributed by atoms with Gasteiger partial charge in [0.25, 0.3) is 0 Å². The third kappa shape index (κ3) is 8.90. The van der Waals surface area contributed by atoms with Crippen LogP contribution in [0.1, 0.15) is 80.2 Å². The average Bonchev–Trinajstić information content (AvgIpc) is 3.38. The standard InChI is InChI=1S/C37H56N2O12/c1-11-26-37(8)32(50-35(44)51-37)21(4)28(41)19(2)17-36(7,45)31(49-34-29(42)25(39(9)10)15-20(3)46-34)22(5)30(23(6)33(43)47-26)48-27(40)16-24-13-12-14-38-18-24/h12-14,18-23,25-26,29-32,34,42,45H,11,15-17H2,1-10H3/t19-,20-,21+,22+,23-,25+,26-,29-,30+,31-,32-,34?,36+,37-/m1/s1. The molecule has 0 aliphatic carbocycles. The van der Waals surface area contributed by atoms with E-state index in [0.29, 0.717) is 12.0 Å². The van der Waals surface area contributed by atoms with Crippen molar-refractivity contribution in [2.75, 3.05) is 14.1 Å². The van der Waals surface area contributed by atoms with Crippen LogP contribution < -0.4 is 0 Å². The Kier molecular flexibility index (Phi) is 12.9. The fraction of sp³-hybridized carbons (Fsp3) is 0.757. The van der Waals surface area contributed by atoms with Crippen LogP contribution in [0.25, 0.3) is 0 Å². The van der Waals surface area contributed by atoms with Gasteiger partial charge in [0.05, 0.1) is 36.1 Å². The molecule has 2 N–H and O–H groups in total. The van der Waals surface area contributed by atoms with Gasteiger partial charge in [0, 0.05) is 30.3 Å². The van der Waals surface area contributed by atoms with Crippen molar-refractivity contribution in [3.63, 3.8) is 0 Å². The van der Waals surface area contributed by atoms with Gasteiger partial charge >= 0.3 is 18.1 Å². The summed E-state index contributed by atoms with van der Waals surface area (Å²) in [7, 11) is 3.67. The van der Waals surface area contributed by atoms with Crippen molar-refractivity contribution < 1.29 is 57.8 Å². The summed E-state index contributed by atoms with van der Waals surface area (Å²) in [5.41, 5.74) is -2.74. The number of aliphatic hydroxyl groups excluding tert-OH is 1. The minimum absolute atomic E-state index is 0.134. The number of hydrogen-bond acceptors (Lipinski definition) is 14. The van der Waals surface area contributed by atoms with Crippen molar-refractivity contribution in [2.24, 2.45) is 23.7 Å². The molecule has 4 heterocycles. The highest BCUT2D eigenvalue weighted by molar-refractivity contribution is 5.84. The molecular weight excluding hydrogens is 664 g/mol. The van der Waals surface area contributed by atoms with E-state index in [9.17, 15) is 29.4 Å². The van der Waals surface area contributed by atoms with Crippen LogP contribution in [0, 0.1) is 23.7 Å². The zero-order valence-corrected chi connectivity index (χ0v) is 31.4. The average molecular weight is 721 g/mol. The number of carbonyl (C=O) groups is 4. The highest BCUT2D eigenvalue weighted by Crippen LogP contribution is 2.42. The van der Waals surface area contributed by atoms with E-state index < -0.39 is 89.8 Å². The van der Waals surface area contributed by atoms with Crippen LogP contribution in [0.5, 0.6) is 0 Å². The summed E-state index contributed by atoms with van der Waals surface area (Å²) in [6, 6.07) is 3.07. The molecule has 3 aliphatic heterocycles. The Hall–Kier alpha value is -3.17. The number of ketones is 1. The van der Waals surface area contributed by atoms with Crippen LogP contribution in [-0.2, 0) is 49.2 Å². The van der Waals surface area contributed by atoms with Gasteiger partial charge in [-0.25, -0.2) is 4.79 Å². The van der Waals surface area contributed by atoms with Gasteiger partial charge in [-0.2, -0.15) is 0 Å². The number of pyridine rings is 1. The second-order valence-electron chi connectivity index (χ2n) is 15.3. The first kappa shape index (κ1) is 40.6. The van der Waals surface area contributed by atoms with Gasteiger partial charge in [0.2, 0.25) is 0 Å². The zero-order valence-electron chi connectivity index (χ0n) is 31.4. The lowest BCUT2D eigenvalue weighted by atomic mass is 9.74. The van der Waals surface area contributed by atoms with E-state index >= 15 is 0 Å². The fourth-order valence-corrected chi connectivity index (χ4v) is 8.09. The maximum Gasteiger partial charge on any atom is 0.509 e. The number of cyclic esters (lactones) is 1. The van der Waals surface area contributed by atoms with Crippen molar-refractivity contribution in [3.05, 3.63) is 30.1 Å². The molecule has 1 aromatic heterocycles. The lowest BCUT2D eigenvalue weighted by Crippen LogP contribution is -2.60. The molecule has 0 radical (unpaired) electrons. The summed E-state index contributed by atoms with van der Waals surface area (Å²) in [5.74, 6) is -5.50. The number of aromatic nitrogens is 1. The molecule has 3 aliphatic rings. The quantitative estimate of drug-likeness (QED) is 0.310. The smallest absolute Gasteiger partial charge is 0.461 e. The molecule has 4 rings (SSSR count). The van der Waals surface area contributed by atoms with Crippen LogP contribution in [0.3, 0.4) is 0 Å². The van der Waals surface area contributed by atoms with Crippen molar-refractivity contribution >= 4 is 23.9 Å². The van der Waals surface area contributed by atoms with Gasteiger partial charge in [-0.3, -0.25) is 19.4 Å². The number of carbonyl (C=O) groups excluding carboxylic acids is 4. The summed E-state index contributed by atoms with van der Waals surface area (Å²) in [5, 5.41) is 23.8. The molecule has 0 spiro atoms. The maximum absolute atomic E-state index is 14.1. The van der Waals surface area contributed by atoms with Crippen LogP contribution in [0.15, 0.2) is 24.5 Å². The summed E-state index contributed by atoms with van der Waals surface area (Å²) in [6.45, 7) is 13.2. The van der Waals surface area contributed by atoms with E-state index in [4.69, 9.17) is 28.4 Å². The predicted octanol–water partition coefficient (Wildman–Crippen LogP) is 3.23. The number of nitrogens with zero attached hydrogens (tertiary/aromatic N) is 2. The van der Waals surface area contributed by atoms with Crippen LogP contribution in [-0.4, -0.2) is 118 Å². The van der Waals surface area contributed by atoms with E-state index in [-0.39, 0.29) is 37.2 Å². The van der Waals surface area contributed by atoms with Gasteiger partial charge in [0.1, 0.15) is 24.1 Å². The molecule has 0 bridgehead atoms. The van der Waals surface area contributed by atoms with E-state index in [1.54, 1.807) is 59.9 Å². The molecule has 0 saturated carbocycles. The normalized spacial score (nSPS) is 41.2. The Morgan fingerprint density at radius 3 is 2.37 bits per heavy atom. The number of fused-ring (bicyclic) bond motifs is 1. The van der Waals surface area contributed by atoms with Crippen molar-refractivity contribution in [2.45, 2.75) is 141 Å². The third-order valence-electron chi connectivity index (χ3n) is 10.8. The zero-order chi connectivity index (χ0) is 38.0. The molecule has 14 nitrogen and oxygen atoms in total. The summed E-state index contributed by atoms with van der Waals surface area (Å²) in [6.07, 6.45) is -4.69. The molecule has 1 aromatic rings. The molecule has 3 fully saturated rings. The number of Topliss-reactive ketones (excluding diaryl/α,β-unsaturated/α-hetero) is 1. The highest BCUT2D eigenvalue weighted by Gasteiger charge is 2.59. The third-order valence-corrected chi connectivity index (χ3v) is 10.8. The second kappa shape index (κ2) is 16.2. The second-order valence-corrected chi connectivity index (χ2v) is 15.3. The Bertz CT molecular complexity index is 1390. The monoisotopic (exact) mass is 720 g/mol. The van der Waals surface area contributed by atoms with E-state index in [1.807, 2.05) is 25.9 Å². The topological polar surface area (TPSA) is 180 Å². The minimum atomic E-state index is -1.81. The summed E-state index contributed by atoms with van der Waals surface area (Å²) < 4.78 is 35.9. The van der Waals surface area contributed by atoms with E-state index in [1.165, 1.54) is 13.1 Å². The van der Waals surface area contributed by atoms with Crippen LogP contribution in [0.2, 0.25) is 0 Å². The minimum Gasteiger partial charge on any atom is -0.461 e. The fourth-order valence-electron chi connectivity index (χ4n) is 8.09. The Labute approximate surface area is 300 Å². The molecule has 0 aromatic carbocycles. The van der Waals surface area contributed by atoms with Gasteiger partial charge in [-0.05, 0) is 72.7 Å². The number of hydrogen-bond donors (Lipinski definition) is 2. The van der Waals surface area contributed by atoms with Gasteiger partial charge in [-0.1, -0.05) is 33.8 Å². The Balaban J connectivity index is 1.81. The van der Waals surface area contributed by atoms with Crippen LogP contribution >= 0.6 is 0 Å². The number of ether oxygens (including phenoxy) is 6. The molecule has 51 heavy (non-hydrogen) atoms. The molecule has 3 saturated heterocycles. The molecular formula is C37H56N2O12. The largest absolute Gasteiger partial charge is 0.509 e. The highest BCUT2D eigenvalue weighted by atomic mass is 16.8. The predicted molar refractivity (Wildman–Crippen MR) is 182 cm³/mol. The first-order valence-corrected chi connectivity index (χ1v) is 17.9. The van der Waals surface area contributed by atoms with Crippen molar-refractivity contribution in [1.29, 1.82) is 0 Å². The Morgan fingerprint density at radius 1 is 1.08 bits per heavy atom. The first-order chi connectivity index (χ1) is 23.8. The van der Waals surface area contributed by atoms with Crippen molar-refractivity contribution in [3.8, 4) is 0 Å².